The van der Waals surface area contributed by atoms with Crippen LogP contribution >= 0.6 is 23.2 Å². The van der Waals surface area contributed by atoms with Crippen LogP contribution in [0.2, 0.25) is 0 Å². The Balaban J connectivity index is 2.01. The van der Waals surface area contributed by atoms with Gasteiger partial charge in [0, 0.05) is 16.2 Å². The standard InChI is InChI=1S/C15H14Cl2O2S2/c16-14(20(18)12-7-3-1-4-8-12)11-15(17)21(19)13-9-5-2-6-10-13/h1-10,14-15H,11H2. The molecular formula is C15H14Cl2O2S2. The maximum atomic E-state index is 12.3. The SMILES string of the molecule is O=S(c1ccccc1)C(Cl)CC(Cl)S(=O)c1ccccc1. The number of hydrogen-bond donors (Lipinski definition) is 0. The minimum Gasteiger partial charge on any atom is -0.253 e. The van der Waals surface area contributed by atoms with Crippen molar-refractivity contribution in [1.29, 1.82) is 0 Å². The molecule has 112 valence electrons. The summed E-state index contributed by atoms with van der Waals surface area (Å²) >= 11 is 12.3. The van der Waals surface area contributed by atoms with E-state index in [-0.39, 0.29) is 6.42 Å². The number of halogens is 2. The summed E-state index contributed by atoms with van der Waals surface area (Å²) in [6.45, 7) is 0. The Morgan fingerprint density at radius 2 is 1.05 bits per heavy atom. The molecule has 0 saturated carbocycles. The molecule has 21 heavy (non-hydrogen) atoms. The van der Waals surface area contributed by atoms with Crippen LogP contribution in [-0.2, 0) is 21.6 Å². The molecule has 0 N–H and O–H groups in total. The summed E-state index contributed by atoms with van der Waals surface area (Å²) in [5.74, 6) is 0. The zero-order valence-electron chi connectivity index (χ0n) is 11.0. The van der Waals surface area contributed by atoms with E-state index in [4.69, 9.17) is 23.2 Å². The number of hydrogen-bond acceptors (Lipinski definition) is 2. The fraction of sp³-hybridized carbons (Fsp3) is 0.200. The molecule has 2 nitrogen and oxygen atoms in total. The van der Waals surface area contributed by atoms with Crippen molar-refractivity contribution in [2.45, 2.75) is 25.6 Å². The molecule has 0 aromatic heterocycles. The van der Waals surface area contributed by atoms with Crippen LogP contribution in [0.3, 0.4) is 0 Å². The van der Waals surface area contributed by atoms with Gasteiger partial charge in [-0.25, -0.2) is 0 Å². The first-order valence-electron chi connectivity index (χ1n) is 6.29. The molecule has 0 aliphatic heterocycles. The van der Waals surface area contributed by atoms with E-state index < -0.39 is 31.0 Å². The van der Waals surface area contributed by atoms with Crippen molar-refractivity contribution in [2.24, 2.45) is 0 Å². The molecule has 0 aliphatic rings. The van der Waals surface area contributed by atoms with Gasteiger partial charge in [-0.2, -0.15) is 0 Å². The highest BCUT2D eigenvalue weighted by Gasteiger charge is 2.24. The van der Waals surface area contributed by atoms with Gasteiger partial charge in [-0.1, -0.05) is 36.4 Å². The van der Waals surface area contributed by atoms with Crippen molar-refractivity contribution in [1.82, 2.24) is 0 Å². The molecule has 0 spiro atoms. The van der Waals surface area contributed by atoms with Gasteiger partial charge in [-0.15, -0.1) is 23.2 Å². The second-order valence-corrected chi connectivity index (χ2v) is 9.12. The molecule has 0 amide bonds. The first-order chi connectivity index (χ1) is 10.1. The quantitative estimate of drug-likeness (QED) is 0.726. The molecule has 0 aliphatic carbocycles. The van der Waals surface area contributed by atoms with E-state index in [1.165, 1.54) is 0 Å². The van der Waals surface area contributed by atoms with Crippen LogP contribution < -0.4 is 0 Å². The Morgan fingerprint density at radius 3 is 1.38 bits per heavy atom. The van der Waals surface area contributed by atoms with E-state index >= 15 is 0 Å². The topological polar surface area (TPSA) is 34.1 Å². The van der Waals surface area contributed by atoms with Crippen molar-refractivity contribution in [3.8, 4) is 0 Å². The van der Waals surface area contributed by atoms with Crippen molar-refractivity contribution in [3.05, 3.63) is 60.7 Å². The van der Waals surface area contributed by atoms with Gasteiger partial charge < -0.3 is 0 Å². The lowest BCUT2D eigenvalue weighted by Gasteiger charge is -2.14. The zero-order chi connectivity index (χ0) is 15.2. The minimum absolute atomic E-state index is 0.201. The maximum absolute atomic E-state index is 12.3. The molecule has 4 atom stereocenters. The summed E-state index contributed by atoms with van der Waals surface area (Å²) in [5.41, 5.74) is 0. The van der Waals surface area contributed by atoms with E-state index in [2.05, 4.69) is 0 Å². The van der Waals surface area contributed by atoms with Crippen LogP contribution in [-0.4, -0.2) is 17.8 Å². The number of rotatable bonds is 6. The molecule has 0 heterocycles. The van der Waals surface area contributed by atoms with Gasteiger partial charge in [-0.05, 0) is 24.3 Å². The number of benzene rings is 2. The summed E-state index contributed by atoms with van der Waals surface area (Å²) in [4.78, 5) is 1.29. The average molecular weight is 361 g/mol. The van der Waals surface area contributed by atoms with E-state index in [1.54, 1.807) is 48.5 Å². The molecular weight excluding hydrogens is 347 g/mol. The van der Waals surface area contributed by atoms with Crippen molar-refractivity contribution in [2.75, 3.05) is 0 Å². The summed E-state index contributed by atoms with van der Waals surface area (Å²) in [6, 6.07) is 17.9. The third kappa shape index (κ3) is 4.65. The zero-order valence-corrected chi connectivity index (χ0v) is 14.2. The smallest absolute Gasteiger partial charge is 0.116 e. The second-order valence-electron chi connectivity index (χ2n) is 4.28. The molecule has 0 saturated heterocycles. The first kappa shape index (κ1) is 16.7. The largest absolute Gasteiger partial charge is 0.253 e. The van der Waals surface area contributed by atoms with Crippen LogP contribution in [0.15, 0.2) is 70.5 Å². The Bertz CT molecular complexity index is 565. The Hall–Kier alpha value is -0.680. The van der Waals surface area contributed by atoms with Gasteiger partial charge in [0.2, 0.25) is 0 Å². The van der Waals surface area contributed by atoms with Crippen LogP contribution in [0.1, 0.15) is 6.42 Å². The first-order valence-corrected chi connectivity index (χ1v) is 9.59. The van der Waals surface area contributed by atoms with Gasteiger partial charge in [0.1, 0.15) is 9.42 Å². The molecule has 0 fully saturated rings. The van der Waals surface area contributed by atoms with Crippen molar-refractivity contribution in [3.63, 3.8) is 0 Å². The molecule has 2 aromatic rings. The van der Waals surface area contributed by atoms with E-state index in [1.807, 2.05) is 12.1 Å². The summed E-state index contributed by atoms with van der Waals surface area (Å²) in [5, 5.41) is 0. The monoisotopic (exact) mass is 360 g/mol. The van der Waals surface area contributed by atoms with Crippen LogP contribution in [0.5, 0.6) is 0 Å². The van der Waals surface area contributed by atoms with Crippen molar-refractivity contribution >= 4 is 44.8 Å². The van der Waals surface area contributed by atoms with Crippen LogP contribution in [0.4, 0.5) is 0 Å². The highest BCUT2D eigenvalue weighted by molar-refractivity contribution is 7.88. The van der Waals surface area contributed by atoms with Gasteiger partial charge in [0.05, 0.1) is 21.6 Å². The fourth-order valence-corrected chi connectivity index (χ4v) is 5.30. The Labute approximate surface area is 139 Å². The second kappa shape index (κ2) is 8.08. The van der Waals surface area contributed by atoms with E-state index in [0.29, 0.717) is 9.79 Å². The molecule has 2 aromatic carbocycles. The average Bonchev–Trinajstić information content (AvgIpc) is 2.55. The van der Waals surface area contributed by atoms with Gasteiger partial charge in [-0.3, -0.25) is 8.42 Å². The van der Waals surface area contributed by atoms with Crippen LogP contribution in [0.25, 0.3) is 0 Å². The molecule has 4 unspecified atom stereocenters. The normalized spacial score (nSPS) is 16.9. The van der Waals surface area contributed by atoms with Crippen molar-refractivity contribution < 1.29 is 8.42 Å². The highest BCUT2D eigenvalue weighted by atomic mass is 35.5. The fourth-order valence-electron chi connectivity index (χ4n) is 1.73. The Morgan fingerprint density at radius 1 is 0.714 bits per heavy atom. The molecule has 0 bridgehead atoms. The van der Waals surface area contributed by atoms with E-state index in [0.717, 1.165) is 0 Å². The molecule has 6 heteroatoms. The summed E-state index contributed by atoms with van der Waals surface area (Å²) in [6.07, 6.45) is 0.201. The lowest BCUT2D eigenvalue weighted by atomic mass is 10.4. The third-order valence-corrected chi connectivity index (χ3v) is 6.90. The minimum atomic E-state index is -1.38. The predicted molar refractivity (Wildman–Crippen MR) is 89.6 cm³/mol. The predicted octanol–water partition coefficient (Wildman–Crippen LogP) is 4.12. The van der Waals surface area contributed by atoms with Gasteiger partial charge in [0.25, 0.3) is 0 Å². The summed E-state index contributed by atoms with van der Waals surface area (Å²) in [7, 11) is -2.75. The lowest BCUT2D eigenvalue weighted by Crippen LogP contribution is -2.18. The third-order valence-electron chi connectivity index (χ3n) is 2.79. The Kier molecular flexibility index (Phi) is 6.42. The number of alkyl halides is 2. The lowest BCUT2D eigenvalue weighted by molar-refractivity contribution is 0.672. The van der Waals surface area contributed by atoms with Gasteiger partial charge in [0.15, 0.2) is 0 Å². The molecule has 2 rings (SSSR count). The summed E-state index contributed by atoms with van der Waals surface area (Å²) < 4.78 is 23.2. The van der Waals surface area contributed by atoms with Gasteiger partial charge >= 0.3 is 0 Å². The molecule has 0 radical (unpaired) electrons. The maximum Gasteiger partial charge on any atom is 0.116 e. The van der Waals surface area contributed by atoms with E-state index in [9.17, 15) is 8.42 Å². The highest BCUT2D eigenvalue weighted by Crippen LogP contribution is 2.24. The van der Waals surface area contributed by atoms with Crippen LogP contribution in [0, 0.1) is 0 Å².